The molecule has 0 aromatic heterocycles. The third-order valence-corrected chi connectivity index (χ3v) is 6.23. The van der Waals surface area contributed by atoms with Gasteiger partial charge >= 0.3 is 5.97 Å². The Bertz CT molecular complexity index is 594. The van der Waals surface area contributed by atoms with Crippen molar-refractivity contribution in [3.05, 3.63) is 29.3 Å². The van der Waals surface area contributed by atoms with Crippen molar-refractivity contribution in [2.45, 2.75) is 44.9 Å². The lowest BCUT2D eigenvalue weighted by Gasteiger charge is -2.52. The fraction of sp³-hybridized carbons (Fsp3) is 0.611. The lowest BCUT2D eigenvalue weighted by atomic mass is 9.53. The number of aromatic hydroxyl groups is 1. The summed E-state index contributed by atoms with van der Waals surface area (Å²) in [7, 11) is 0. The average molecular weight is 286 g/mol. The van der Waals surface area contributed by atoms with Crippen molar-refractivity contribution in [2.24, 2.45) is 17.3 Å². The third-order valence-electron chi connectivity index (χ3n) is 6.23. The van der Waals surface area contributed by atoms with Gasteiger partial charge in [-0.2, -0.15) is 0 Å². The number of hydrogen-bond acceptors (Lipinski definition) is 3. The summed E-state index contributed by atoms with van der Waals surface area (Å²) in [4.78, 5) is 12.3. The molecular weight excluding hydrogens is 264 g/mol. The highest BCUT2D eigenvalue weighted by Gasteiger charge is 2.54. The molecule has 2 fully saturated rings. The highest BCUT2D eigenvalue weighted by Crippen LogP contribution is 2.57. The number of ether oxygens (including phenoxy) is 1. The molecule has 4 atom stereocenters. The fourth-order valence-corrected chi connectivity index (χ4v) is 5.12. The highest BCUT2D eigenvalue weighted by molar-refractivity contribution is 5.77. The Morgan fingerprint density at radius 2 is 2.14 bits per heavy atom. The number of carbonyl (C=O) groups excluding carboxylic acids is 1. The van der Waals surface area contributed by atoms with E-state index < -0.39 is 0 Å². The van der Waals surface area contributed by atoms with Gasteiger partial charge < -0.3 is 9.84 Å². The number of cyclic esters (lactones) is 1. The first-order valence-electron chi connectivity index (χ1n) is 8.08. The number of phenolic OH excluding ortho intramolecular Hbond substituents is 1. The van der Waals surface area contributed by atoms with Gasteiger partial charge in [0.15, 0.2) is 0 Å². The summed E-state index contributed by atoms with van der Waals surface area (Å²) in [5.74, 6) is 1.99. The number of hydrogen-bond donors (Lipinski definition) is 1. The van der Waals surface area contributed by atoms with Gasteiger partial charge in [0.25, 0.3) is 0 Å². The molecule has 1 saturated heterocycles. The van der Waals surface area contributed by atoms with Crippen LogP contribution in [0.4, 0.5) is 0 Å². The van der Waals surface area contributed by atoms with Gasteiger partial charge in [-0.05, 0) is 80.0 Å². The van der Waals surface area contributed by atoms with E-state index in [4.69, 9.17) is 4.74 Å². The second kappa shape index (κ2) is 4.49. The molecule has 112 valence electrons. The van der Waals surface area contributed by atoms with Gasteiger partial charge in [-0.15, -0.1) is 0 Å². The molecule has 3 heteroatoms. The van der Waals surface area contributed by atoms with E-state index in [9.17, 15) is 9.90 Å². The molecule has 0 bridgehead atoms. The molecule has 1 saturated carbocycles. The smallest absolute Gasteiger partial charge is 0.312 e. The third kappa shape index (κ3) is 1.82. The Morgan fingerprint density at radius 3 is 3.00 bits per heavy atom. The van der Waals surface area contributed by atoms with Crippen LogP contribution in [-0.4, -0.2) is 17.7 Å². The van der Waals surface area contributed by atoms with E-state index in [1.54, 1.807) is 0 Å². The summed E-state index contributed by atoms with van der Waals surface area (Å²) in [5.41, 5.74) is 2.44. The number of esters is 1. The zero-order valence-corrected chi connectivity index (χ0v) is 12.5. The molecule has 1 aromatic carbocycles. The maximum Gasteiger partial charge on any atom is 0.312 e. The van der Waals surface area contributed by atoms with Crippen LogP contribution >= 0.6 is 0 Å². The second-order valence-corrected chi connectivity index (χ2v) is 7.18. The fourth-order valence-electron chi connectivity index (χ4n) is 5.12. The van der Waals surface area contributed by atoms with Crippen LogP contribution in [0.25, 0.3) is 0 Å². The van der Waals surface area contributed by atoms with Gasteiger partial charge in [0.2, 0.25) is 0 Å². The Hall–Kier alpha value is -1.51. The number of aryl methyl sites for hydroxylation is 1. The summed E-state index contributed by atoms with van der Waals surface area (Å²) in [6, 6.07) is 5.84. The molecule has 1 N–H and O–H groups in total. The van der Waals surface area contributed by atoms with Crippen molar-refractivity contribution in [2.75, 3.05) is 6.61 Å². The average Bonchev–Trinajstić information content (AvgIpc) is 2.48. The second-order valence-electron chi connectivity index (χ2n) is 7.18. The van der Waals surface area contributed by atoms with E-state index in [0.29, 0.717) is 30.1 Å². The van der Waals surface area contributed by atoms with Gasteiger partial charge in [-0.25, -0.2) is 0 Å². The number of benzene rings is 1. The SMILES string of the molecule is C[C@]12CC[C@@H]3c4ccc(O)cc4CC[C@H]3[C@@H]1CCOC2=O. The highest BCUT2D eigenvalue weighted by atomic mass is 16.5. The molecule has 3 aliphatic rings. The molecule has 4 rings (SSSR count). The molecular formula is C18H22O3. The summed E-state index contributed by atoms with van der Waals surface area (Å²) in [6.07, 6.45) is 5.15. The minimum Gasteiger partial charge on any atom is -0.508 e. The number of phenols is 1. The number of fused-ring (bicyclic) bond motifs is 5. The van der Waals surface area contributed by atoms with E-state index in [1.807, 2.05) is 12.1 Å². The zero-order valence-electron chi connectivity index (χ0n) is 12.5. The Kier molecular flexibility index (Phi) is 2.82. The molecule has 3 nitrogen and oxygen atoms in total. The van der Waals surface area contributed by atoms with Crippen LogP contribution < -0.4 is 0 Å². The van der Waals surface area contributed by atoms with Crippen molar-refractivity contribution in [1.82, 2.24) is 0 Å². The Balaban J connectivity index is 1.72. The van der Waals surface area contributed by atoms with Gasteiger partial charge in [-0.3, -0.25) is 4.79 Å². The predicted octanol–water partition coefficient (Wildman–Crippen LogP) is 3.40. The van der Waals surface area contributed by atoms with Crippen molar-refractivity contribution in [3.8, 4) is 5.75 Å². The molecule has 0 unspecified atom stereocenters. The van der Waals surface area contributed by atoms with Crippen LogP contribution in [0.3, 0.4) is 0 Å². The summed E-state index contributed by atoms with van der Waals surface area (Å²) >= 11 is 0. The Morgan fingerprint density at radius 1 is 1.29 bits per heavy atom. The zero-order chi connectivity index (χ0) is 14.6. The van der Waals surface area contributed by atoms with Crippen LogP contribution in [0.2, 0.25) is 0 Å². The van der Waals surface area contributed by atoms with Crippen molar-refractivity contribution < 1.29 is 14.6 Å². The van der Waals surface area contributed by atoms with Gasteiger partial charge in [0.05, 0.1) is 12.0 Å². The monoisotopic (exact) mass is 286 g/mol. The van der Waals surface area contributed by atoms with E-state index in [1.165, 1.54) is 11.1 Å². The topological polar surface area (TPSA) is 46.5 Å². The largest absolute Gasteiger partial charge is 0.508 e. The van der Waals surface area contributed by atoms with E-state index in [-0.39, 0.29) is 11.4 Å². The maximum absolute atomic E-state index is 12.3. The first-order valence-corrected chi connectivity index (χ1v) is 8.08. The molecule has 0 spiro atoms. The van der Waals surface area contributed by atoms with Gasteiger partial charge in [0.1, 0.15) is 5.75 Å². The minimum atomic E-state index is -0.270. The normalized spacial score (nSPS) is 38.0. The first-order chi connectivity index (χ1) is 10.1. The Labute approximate surface area is 125 Å². The number of carbonyl (C=O) groups is 1. The standard InChI is InChI=1S/C18H22O3/c1-18-8-6-14-13-5-3-12(19)10-11(13)2-4-15(14)16(18)7-9-21-17(18)20/h3,5,10,14-16,19H,2,4,6-9H2,1H3/t14-,15-,16+,18+/m1/s1. The van der Waals surface area contributed by atoms with Crippen molar-refractivity contribution in [1.29, 1.82) is 0 Å². The molecule has 0 amide bonds. The molecule has 1 heterocycles. The molecule has 2 aliphatic carbocycles. The van der Waals surface area contributed by atoms with Gasteiger partial charge in [0, 0.05) is 0 Å². The minimum absolute atomic E-state index is 0.0219. The van der Waals surface area contributed by atoms with Crippen molar-refractivity contribution >= 4 is 5.97 Å². The predicted molar refractivity (Wildman–Crippen MR) is 79.1 cm³/mol. The van der Waals surface area contributed by atoms with Crippen LogP contribution in [0.15, 0.2) is 18.2 Å². The lowest BCUT2D eigenvalue weighted by molar-refractivity contribution is -0.174. The maximum atomic E-state index is 12.3. The molecule has 0 radical (unpaired) electrons. The molecule has 1 aromatic rings. The van der Waals surface area contributed by atoms with E-state index in [0.717, 1.165) is 32.1 Å². The van der Waals surface area contributed by atoms with E-state index >= 15 is 0 Å². The van der Waals surface area contributed by atoms with Crippen molar-refractivity contribution in [3.63, 3.8) is 0 Å². The summed E-state index contributed by atoms with van der Waals surface area (Å²) in [6.45, 7) is 2.70. The van der Waals surface area contributed by atoms with Gasteiger partial charge in [-0.1, -0.05) is 6.07 Å². The van der Waals surface area contributed by atoms with Crippen LogP contribution in [0.5, 0.6) is 5.75 Å². The van der Waals surface area contributed by atoms with E-state index in [2.05, 4.69) is 13.0 Å². The summed E-state index contributed by atoms with van der Waals surface area (Å²) in [5, 5.41) is 9.69. The molecule has 1 aliphatic heterocycles. The van der Waals surface area contributed by atoms with Crippen LogP contribution in [0, 0.1) is 17.3 Å². The van der Waals surface area contributed by atoms with Crippen LogP contribution in [0.1, 0.15) is 49.7 Å². The lowest BCUT2D eigenvalue weighted by Crippen LogP contribution is -2.50. The molecule has 21 heavy (non-hydrogen) atoms. The quantitative estimate of drug-likeness (QED) is 0.744. The summed E-state index contributed by atoms with van der Waals surface area (Å²) < 4.78 is 5.34. The van der Waals surface area contributed by atoms with Crippen LogP contribution in [-0.2, 0) is 16.0 Å². The number of rotatable bonds is 0. The first kappa shape index (κ1) is 13.2.